The average Bonchev–Trinajstić information content (AvgIpc) is 3.16. The van der Waals surface area contributed by atoms with Crippen LogP contribution in [0.1, 0.15) is 48.5 Å². The Morgan fingerprint density at radius 2 is 2.04 bits per heavy atom. The first kappa shape index (κ1) is 14.2. The normalized spacial score (nSPS) is 15.5. The van der Waals surface area contributed by atoms with E-state index in [1.54, 1.807) is 6.33 Å². The topological polar surface area (TPSA) is 69.6 Å². The van der Waals surface area contributed by atoms with Gasteiger partial charge in [-0.1, -0.05) is 42.7 Å². The summed E-state index contributed by atoms with van der Waals surface area (Å²) in [4.78, 5) is 8.66. The molecule has 118 valence electrons. The highest BCUT2D eigenvalue weighted by molar-refractivity contribution is 5.88. The minimum atomic E-state index is 0.443. The van der Waals surface area contributed by atoms with Crippen molar-refractivity contribution in [1.82, 2.24) is 19.7 Å². The second-order valence-corrected chi connectivity index (χ2v) is 6.45. The lowest BCUT2D eigenvalue weighted by atomic mass is 10.1. The van der Waals surface area contributed by atoms with Crippen molar-refractivity contribution >= 4 is 16.9 Å². The summed E-state index contributed by atoms with van der Waals surface area (Å²) in [6, 6.07) is 8.96. The zero-order valence-electron chi connectivity index (χ0n) is 13.4. The standard InChI is InChI=1S/C18H21N5/c1-12-5-4-6-13(9-12)10-15-16-17(19)20-11-21-18(16)23(22-15)14-7-2-3-8-14/h4-6,9,11,14H,2-3,7-8,10H2,1H3,(H2,19,20,21). The van der Waals surface area contributed by atoms with Crippen LogP contribution in [0.5, 0.6) is 0 Å². The lowest BCUT2D eigenvalue weighted by Gasteiger charge is -2.10. The summed E-state index contributed by atoms with van der Waals surface area (Å²) >= 11 is 0. The predicted octanol–water partition coefficient (Wildman–Crippen LogP) is 3.42. The quantitative estimate of drug-likeness (QED) is 0.805. The Morgan fingerprint density at radius 3 is 2.83 bits per heavy atom. The summed E-state index contributed by atoms with van der Waals surface area (Å²) in [5, 5.41) is 5.81. The first-order valence-corrected chi connectivity index (χ1v) is 8.25. The molecular formula is C18H21N5. The summed E-state index contributed by atoms with van der Waals surface area (Å²) in [6.07, 6.45) is 7.17. The summed E-state index contributed by atoms with van der Waals surface area (Å²) < 4.78 is 2.09. The van der Waals surface area contributed by atoms with Gasteiger partial charge in [-0.3, -0.25) is 0 Å². The number of benzene rings is 1. The van der Waals surface area contributed by atoms with Gasteiger partial charge in [0.2, 0.25) is 0 Å². The molecule has 2 N–H and O–H groups in total. The molecule has 0 radical (unpaired) electrons. The molecule has 23 heavy (non-hydrogen) atoms. The van der Waals surface area contributed by atoms with Gasteiger partial charge in [0.25, 0.3) is 0 Å². The third kappa shape index (κ3) is 2.56. The molecule has 0 saturated heterocycles. The molecule has 0 amide bonds. The van der Waals surface area contributed by atoms with Gasteiger partial charge in [-0.25, -0.2) is 14.6 Å². The van der Waals surface area contributed by atoms with Crippen LogP contribution >= 0.6 is 0 Å². The Balaban J connectivity index is 1.82. The van der Waals surface area contributed by atoms with Crippen LogP contribution in [-0.2, 0) is 6.42 Å². The number of fused-ring (bicyclic) bond motifs is 1. The van der Waals surface area contributed by atoms with E-state index in [-0.39, 0.29) is 0 Å². The largest absolute Gasteiger partial charge is 0.383 e. The summed E-state index contributed by atoms with van der Waals surface area (Å²) in [5.74, 6) is 0.530. The van der Waals surface area contributed by atoms with E-state index in [0.29, 0.717) is 11.9 Å². The molecule has 1 saturated carbocycles. The zero-order chi connectivity index (χ0) is 15.8. The predicted molar refractivity (Wildman–Crippen MR) is 91.2 cm³/mol. The Bertz CT molecular complexity index is 846. The maximum absolute atomic E-state index is 6.15. The number of hydrogen-bond donors (Lipinski definition) is 1. The number of rotatable bonds is 3. The number of nitrogens with zero attached hydrogens (tertiary/aromatic N) is 4. The zero-order valence-corrected chi connectivity index (χ0v) is 13.4. The molecule has 1 aliphatic carbocycles. The minimum Gasteiger partial charge on any atom is -0.383 e. The third-order valence-electron chi connectivity index (χ3n) is 4.72. The molecule has 3 aromatic rings. The van der Waals surface area contributed by atoms with Crippen molar-refractivity contribution in [1.29, 1.82) is 0 Å². The van der Waals surface area contributed by atoms with E-state index in [9.17, 15) is 0 Å². The van der Waals surface area contributed by atoms with Gasteiger partial charge >= 0.3 is 0 Å². The Labute approximate surface area is 135 Å². The fraction of sp³-hybridized carbons (Fsp3) is 0.389. The lowest BCUT2D eigenvalue weighted by Crippen LogP contribution is -2.07. The number of anilines is 1. The second-order valence-electron chi connectivity index (χ2n) is 6.45. The van der Waals surface area contributed by atoms with Crippen molar-refractivity contribution in [3.63, 3.8) is 0 Å². The molecule has 0 atom stereocenters. The first-order valence-electron chi connectivity index (χ1n) is 8.25. The highest BCUT2D eigenvalue weighted by Crippen LogP contribution is 2.33. The molecule has 0 spiro atoms. The number of aryl methyl sites for hydroxylation is 1. The van der Waals surface area contributed by atoms with Crippen molar-refractivity contribution in [3.05, 3.63) is 47.4 Å². The molecule has 2 heterocycles. The van der Waals surface area contributed by atoms with Gasteiger partial charge in [0.05, 0.1) is 17.1 Å². The Hall–Kier alpha value is -2.43. The smallest absolute Gasteiger partial charge is 0.163 e. The number of aromatic nitrogens is 4. The highest BCUT2D eigenvalue weighted by Gasteiger charge is 2.23. The van der Waals surface area contributed by atoms with Gasteiger partial charge in [-0.05, 0) is 25.3 Å². The molecule has 0 unspecified atom stereocenters. The van der Waals surface area contributed by atoms with Crippen LogP contribution < -0.4 is 5.73 Å². The molecule has 5 heteroatoms. The summed E-state index contributed by atoms with van der Waals surface area (Å²) in [7, 11) is 0. The van der Waals surface area contributed by atoms with E-state index in [2.05, 4.69) is 45.8 Å². The van der Waals surface area contributed by atoms with E-state index in [1.165, 1.54) is 36.8 Å². The van der Waals surface area contributed by atoms with Crippen LogP contribution in [0, 0.1) is 6.92 Å². The Morgan fingerprint density at radius 1 is 1.22 bits per heavy atom. The van der Waals surface area contributed by atoms with Crippen LogP contribution in [-0.4, -0.2) is 19.7 Å². The molecule has 0 bridgehead atoms. The van der Waals surface area contributed by atoms with Gasteiger partial charge in [0.1, 0.15) is 12.1 Å². The van der Waals surface area contributed by atoms with Crippen LogP contribution in [0.4, 0.5) is 5.82 Å². The molecule has 1 aliphatic rings. The maximum Gasteiger partial charge on any atom is 0.163 e. The molecular weight excluding hydrogens is 286 g/mol. The van der Waals surface area contributed by atoms with Crippen LogP contribution in [0.15, 0.2) is 30.6 Å². The van der Waals surface area contributed by atoms with Gasteiger partial charge in [-0.2, -0.15) is 5.10 Å². The van der Waals surface area contributed by atoms with Gasteiger partial charge in [0.15, 0.2) is 5.65 Å². The summed E-state index contributed by atoms with van der Waals surface area (Å²) in [6.45, 7) is 2.11. The van der Waals surface area contributed by atoms with E-state index in [0.717, 1.165) is 23.1 Å². The van der Waals surface area contributed by atoms with Crippen LogP contribution in [0.2, 0.25) is 0 Å². The third-order valence-corrected chi connectivity index (χ3v) is 4.72. The van der Waals surface area contributed by atoms with Crippen LogP contribution in [0.3, 0.4) is 0 Å². The SMILES string of the molecule is Cc1cccc(Cc2nn(C3CCCC3)c3ncnc(N)c23)c1. The fourth-order valence-electron chi connectivity index (χ4n) is 3.61. The maximum atomic E-state index is 6.15. The molecule has 1 aromatic carbocycles. The minimum absolute atomic E-state index is 0.443. The summed E-state index contributed by atoms with van der Waals surface area (Å²) in [5.41, 5.74) is 10.5. The highest BCUT2D eigenvalue weighted by atomic mass is 15.3. The monoisotopic (exact) mass is 307 g/mol. The molecule has 0 aliphatic heterocycles. The number of nitrogens with two attached hydrogens (primary N) is 1. The van der Waals surface area contributed by atoms with Crippen LogP contribution in [0.25, 0.3) is 11.0 Å². The Kier molecular flexibility index (Phi) is 3.48. The molecule has 4 rings (SSSR count). The first-order chi connectivity index (χ1) is 11.2. The van der Waals surface area contributed by atoms with E-state index in [1.807, 2.05) is 0 Å². The van der Waals surface area contributed by atoms with Crippen molar-refractivity contribution in [2.75, 3.05) is 5.73 Å². The molecule has 2 aromatic heterocycles. The lowest BCUT2D eigenvalue weighted by molar-refractivity contribution is 0.475. The van der Waals surface area contributed by atoms with Gasteiger partial charge in [0, 0.05) is 6.42 Å². The fourth-order valence-corrected chi connectivity index (χ4v) is 3.61. The van der Waals surface area contributed by atoms with Crippen molar-refractivity contribution in [2.45, 2.75) is 45.1 Å². The van der Waals surface area contributed by atoms with Crippen molar-refractivity contribution in [2.24, 2.45) is 0 Å². The van der Waals surface area contributed by atoms with Crippen molar-refractivity contribution in [3.8, 4) is 0 Å². The molecule has 5 nitrogen and oxygen atoms in total. The van der Waals surface area contributed by atoms with E-state index < -0.39 is 0 Å². The average molecular weight is 307 g/mol. The van der Waals surface area contributed by atoms with Gasteiger partial charge < -0.3 is 5.73 Å². The number of nitrogen functional groups attached to an aromatic ring is 1. The molecule has 1 fully saturated rings. The van der Waals surface area contributed by atoms with Crippen molar-refractivity contribution < 1.29 is 0 Å². The second kappa shape index (κ2) is 5.65. The van der Waals surface area contributed by atoms with E-state index in [4.69, 9.17) is 10.8 Å². The van der Waals surface area contributed by atoms with Gasteiger partial charge in [-0.15, -0.1) is 0 Å². The van der Waals surface area contributed by atoms with E-state index >= 15 is 0 Å². The number of hydrogen-bond acceptors (Lipinski definition) is 4.